The van der Waals surface area contributed by atoms with Gasteiger partial charge in [0, 0.05) is 20.3 Å². The van der Waals surface area contributed by atoms with Crippen molar-refractivity contribution in [1.82, 2.24) is 28.9 Å². The van der Waals surface area contributed by atoms with Crippen molar-refractivity contribution in [2.45, 2.75) is 25.5 Å². The van der Waals surface area contributed by atoms with E-state index in [9.17, 15) is 4.79 Å². The van der Waals surface area contributed by atoms with Crippen LogP contribution in [0.25, 0.3) is 22.4 Å². The smallest absolute Gasteiger partial charge is 0.279 e. The average molecular weight is 415 g/mol. The van der Waals surface area contributed by atoms with Crippen molar-refractivity contribution >= 4 is 28.2 Å². The van der Waals surface area contributed by atoms with E-state index in [-0.39, 0.29) is 11.7 Å². The number of para-hydroxylation sites is 1. The molecule has 0 amide bonds. The molecule has 0 bridgehead atoms. The van der Waals surface area contributed by atoms with E-state index >= 15 is 0 Å². The minimum atomic E-state index is -0.219. The van der Waals surface area contributed by atoms with Gasteiger partial charge in [-0.1, -0.05) is 22.9 Å². The van der Waals surface area contributed by atoms with Gasteiger partial charge in [0.05, 0.1) is 34.6 Å². The lowest BCUT2D eigenvalue weighted by Crippen LogP contribution is -2.26. The molecule has 9 nitrogen and oxygen atoms in total. The van der Waals surface area contributed by atoms with Gasteiger partial charge in [0.2, 0.25) is 0 Å². The first-order chi connectivity index (χ1) is 14.2. The topological polar surface area (TPSA) is 88.5 Å². The summed E-state index contributed by atoms with van der Waals surface area (Å²) in [5.74, 6) is 0.422. The number of nitrogens with zero attached hydrogens (tertiary/aromatic N) is 6. The van der Waals surface area contributed by atoms with Crippen LogP contribution in [0.2, 0.25) is 5.02 Å². The molecule has 10 heteroatoms. The zero-order valence-corrected chi connectivity index (χ0v) is 16.5. The van der Waals surface area contributed by atoms with E-state index in [0.29, 0.717) is 41.6 Å². The summed E-state index contributed by atoms with van der Waals surface area (Å²) in [6.45, 7) is 1.45. The number of hydrogen-bond acceptors (Lipinski definition) is 6. The molecule has 0 saturated carbocycles. The van der Waals surface area contributed by atoms with Gasteiger partial charge in [-0.25, -0.2) is 4.98 Å². The third kappa shape index (κ3) is 2.85. The number of aromatic nitrogens is 6. The lowest BCUT2D eigenvalue weighted by molar-refractivity contribution is 0.106. The molecule has 5 rings (SSSR count). The molecule has 1 aromatic carbocycles. The molecule has 1 atom stereocenters. The van der Waals surface area contributed by atoms with Gasteiger partial charge in [0.25, 0.3) is 5.56 Å². The lowest BCUT2D eigenvalue weighted by Gasteiger charge is -2.14. The van der Waals surface area contributed by atoms with E-state index in [4.69, 9.17) is 21.1 Å². The normalized spacial score (nSPS) is 17.0. The molecular formula is C19H19ClN6O3. The maximum absolute atomic E-state index is 13.5. The number of imidazole rings is 1. The van der Waals surface area contributed by atoms with Crippen LogP contribution >= 0.6 is 11.6 Å². The van der Waals surface area contributed by atoms with E-state index in [1.165, 1.54) is 0 Å². The van der Waals surface area contributed by atoms with Crippen LogP contribution in [-0.4, -0.2) is 49.3 Å². The van der Waals surface area contributed by atoms with Crippen molar-refractivity contribution in [1.29, 1.82) is 0 Å². The maximum Gasteiger partial charge on any atom is 0.279 e. The van der Waals surface area contributed by atoms with Crippen LogP contribution in [0.4, 0.5) is 0 Å². The highest BCUT2D eigenvalue weighted by molar-refractivity contribution is 6.35. The van der Waals surface area contributed by atoms with Crippen LogP contribution in [0.1, 0.15) is 24.6 Å². The zero-order chi connectivity index (χ0) is 20.0. The molecule has 1 aliphatic rings. The second-order valence-corrected chi connectivity index (χ2v) is 7.32. The Hall–Kier alpha value is -2.75. The zero-order valence-electron chi connectivity index (χ0n) is 15.8. The van der Waals surface area contributed by atoms with Gasteiger partial charge in [-0.2, -0.15) is 4.68 Å². The summed E-state index contributed by atoms with van der Waals surface area (Å²) >= 11 is 6.45. The molecule has 0 spiro atoms. The largest absolute Gasteiger partial charge is 0.383 e. The molecule has 0 radical (unpaired) electrons. The molecule has 4 heterocycles. The third-order valence-electron chi connectivity index (χ3n) is 5.25. The fourth-order valence-electron chi connectivity index (χ4n) is 3.90. The van der Waals surface area contributed by atoms with E-state index < -0.39 is 0 Å². The lowest BCUT2D eigenvalue weighted by atomic mass is 10.2. The van der Waals surface area contributed by atoms with Gasteiger partial charge in [-0.15, -0.1) is 5.10 Å². The molecule has 29 heavy (non-hydrogen) atoms. The first kappa shape index (κ1) is 18.3. The highest BCUT2D eigenvalue weighted by atomic mass is 35.5. The number of halogens is 1. The van der Waals surface area contributed by atoms with Gasteiger partial charge in [-0.05, 0) is 25.0 Å². The molecule has 3 aromatic heterocycles. The summed E-state index contributed by atoms with van der Waals surface area (Å²) in [5, 5.41) is 8.73. The van der Waals surface area contributed by atoms with Crippen LogP contribution in [0.3, 0.4) is 0 Å². The Labute approximate surface area is 170 Å². The van der Waals surface area contributed by atoms with Crippen LogP contribution in [-0.2, 0) is 16.0 Å². The SMILES string of the molecule is COCCn1c(=O)c2c(-n3nncc3C3CCCO3)ncn2c2cccc(Cl)c21. The standard InChI is InChI=1S/C19H19ClN6O3/c1-28-9-7-24-16-12(20)4-2-5-13(16)25-11-21-18(17(25)19(24)27)26-14(10-22-23-26)15-6-3-8-29-15/h2,4-5,10-11,15H,3,6-9H2,1H3. The Balaban J connectivity index is 1.80. The highest BCUT2D eigenvalue weighted by Gasteiger charge is 2.26. The summed E-state index contributed by atoms with van der Waals surface area (Å²) in [5.41, 5.74) is 2.40. The summed E-state index contributed by atoms with van der Waals surface area (Å²) in [4.78, 5) is 18.0. The quantitative estimate of drug-likeness (QED) is 0.498. The van der Waals surface area contributed by atoms with E-state index in [1.807, 2.05) is 12.1 Å². The van der Waals surface area contributed by atoms with Gasteiger partial charge in [-0.3, -0.25) is 9.20 Å². The molecule has 1 fully saturated rings. The fourth-order valence-corrected chi connectivity index (χ4v) is 4.18. The molecule has 0 N–H and O–H groups in total. The first-order valence-electron chi connectivity index (χ1n) is 9.40. The number of fused-ring (bicyclic) bond motifs is 3. The second-order valence-electron chi connectivity index (χ2n) is 6.92. The summed E-state index contributed by atoms with van der Waals surface area (Å²) in [6.07, 6.45) is 5.05. The minimum Gasteiger partial charge on any atom is -0.383 e. The minimum absolute atomic E-state index is 0.104. The predicted octanol–water partition coefficient (Wildman–Crippen LogP) is 2.38. The Morgan fingerprint density at radius 2 is 2.24 bits per heavy atom. The van der Waals surface area contributed by atoms with Crippen molar-refractivity contribution in [2.75, 3.05) is 20.3 Å². The van der Waals surface area contributed by atoms with Crippen molar-refractivity contribution in [3.05, 3.63) is 51.8 Å². The molecule has 1 aliphatic heterocycles. The van der Waals surface area contributed by atoms with Crippen LogP contribution in [0.5, 0.6) is 0 Å². The Morgan fingerprint density at radius 3 is 3.03 bits per heavy atom. The van der Waals surface area contributed by atoms with E-state index in [1.54, 1.807) is 39.3 Å². The Kier molecular flexibility index (Phi) is 4.57. The van der Waals surface area contributed by atoms with Crippen LogP contribution in [0, 0.1) is 0 Å². The molecule has 4 aromatic rings. The number of rotatable bonds is 5. The number of hydrogen-bond donors (Lipinski definition) is 0. The van der Waals surface area contributed by atoms with Crippen molar-refractivity contribution < 1.29 is 9.47 Å². The van der Waals surface area contributed by atoms with E-state index in [0.717, 1.165) is 24.1 Å². The van der Waals surface area contributed by atoms with Crippen molar-refractivity contribution in [2.24, 2.45) is 0 Å². The number of methoxy groups -OCH3 is 1. The van der Waals surface area contributed by atoms with Gasteiger partial charge in [0.15, 0.2) is 11.3 Å². The average Bonchev–Trinajstić information content (AvgIpc) is 3.47. The summed E-state index contributed by atoms with van der Waals surface area (Å²) in [7, 11) is 1.60. The molecule has 0 aliphatic carbocycles. The molecule has 1 unspecified atom stereocenters. The monoisotopic (exact) mass is 414 g/mol. The van der Waals surface area contributed by atoms with Gasteiger partial charge >= 0.3 is 0 Å². The van der Waals surface area contributed by atoms with E-state index in [2.05, 4.69) is 15.3 Å². The molecule has 1 saturated heterocycles. The number of benzene rings is 1. The Bertz CT molecular complexity index is 1250. The van der Waals surface area contributed by atoms with Gasteiger partial charge < -0.3 is 14.0 Å². The highest BCUT2D eigenvalue weighted by Crippen LogP contribution is 2.30. The fraction of sp³-hybridized carbons (Fsp3) is 0.368. The maximum atomic E-state index is 13.5. The second kappa shape index (κ2) is 7.25. The molecular weight excluding hydrogens is 396 g/mol. The van der Waals surface area contributed by atoms with Crippen molar-refractivity contribution in [3.8, 4) is 5.82 Å². The van der Waals surface area contributed by atoms with Gasteiger partial charge in [0.1, 0.15) is 12.4 Å². The third-order valence-corrected chi connectivity index (χ3v) is 5.55. The number of ether oxygens (including phenoxy) is 2. The predicted molar refractivity (Wildman–Crippen MR) is 107 cm³/mol. The van der Waals surface area contributed by atoms with Crippen LogP contribution < -0.4 is 5.56 Å². The summed E-state index contributed by atoms with van der Waals surface area (Å²) in [6, 6.07) is 5.52. The van der Waals surface area contributed by atoms with Crippen molar-refractivity contribution in [3.63, 3.8) is 0 Å². The van der Waals surface area contributed by atoms with Crippen LogP contribution in [0.15, 0.2) is 35.5 Å². The summed E-state index contributed by atoms with van der Waals surface area (Å²) < 4.78 is 16.0. The molecule has 150 valence electrons. The first-order valence-corrected chi connectivity index (χ1v) is 9.78. The Morgan fingerprint density at radius 1 is 1.34 bits per heavy atom.